The van der Waals surface area contributed by atoms with Crippen LogP contribution in [0, 0.1) is 0 Å². The van der Waals surface area contributed by atoms with Crippen molar-refractivity contribution in [3.63, 3.8) is 0 Å². The van der Waals surface area contributed by atoms with Crippen LogP contribution < -0.4 is 10.1 Å². The van der Waals surface area contributed by atoms with Crippen LogP contribution >= 0.6 is 0 Å². The van der Waals surface area contributed by atoms with E-state index in [-0.39, 0.29) is 6.61 Å². The van der Waals surface area contributed by atoms with Gasteiger partial charge < -0.3 is 19.4 Å². The molecule has 0 radical (unpaired) electrons. The Morgan fingerprint density at radius 3 is 2.49 bits per heavy atom. The number of ether oxygens (including phenoxy) is 2. The number of hydrogen-bond donors (Lipinski definition) is 1. The smallest absolute Gasteiger partial charge is 0.397 e. The average Bonchev–Trinajstić information content (AvgIpc) is 3.27. The molecule has 4 aromatic rings. The molecule has 0 aliphatic carbocycles. The Hall–Kier alpha value is -4.06. The Labute approximate surface area is 205 Å². The second kappa shape index (κ2) is 10.9. The van der Waals surface area contributed by atoms with E-state index in [0.29, 0.717) is 24.8 Å². The van der Waals surface area contributed by atoms with Crippen molar-refractivity contribution in [2.75, 3.05) is 11.9 Å². The van der Waals surface area contributed by atoms with Gasteiger partial charge in [0.15, 0.2) is 0 Å². The largest absolute Gasteiger partial charge is 0.489 e. The summed E-state index contributed by atoms with van der Waals surface area (Å²) in [5.74, 6) is -0.458. The van der Waals surface area contributed by atoms with Crippen molar-refractivity contribution in [3.05, 3.63) is 95.7 Å². The maximum absolute atomic E-state index is 12.1. The minimum Gasteiger partial charge on any atom is -0.489 e. The zero-order chi connectivity index (χ0) is 24.8. The van der Waals surface area contributed by atoms with E-state index in [1.54, 1.807) is 13.0 Å². The molecule has 4 rings (SSSR count). The lowest BCUT2D eigenvalue weighted by Crippen LogP contribution is -2.25. The zero-order valence-electron chi connectivity index (χ0n) is 20.3. The monoisotopic (exact) mass is 470 g/mol. The lowest BCUT2D eigenvalue weighted by Gasteiger charge is -2.16. The highest BCUT2D eigenvalue weighted by Gasteiger charge is 2.17. The first-order valence-electron chi connectivity index (χ1n) is 11.8. The van der Waals surface area contributed by atoms with E-state index < -0.39 is 11.9 Å². The predicted molar refractivity (Wildman–Crippen MR) is 138 cm³/mol. The van der Waals surface area contributed by atoms with Gasteiger partial charge in [0.2, 0.25) is 0 Å². The molecule has 6 nitrogen and oxygen atoms in total. The molecule has 6 heteroatoms. The fourth-order valence-electron chi connectivity index (χ4n) is 4.05. The molecule has 1 amide bonds. The molecule has 0 aliphatic heterocycles. The molecule has 0 aliphatic rings. The summed E-state index contributed by atoms with van der Waals surface area (Å²) < 4.78 is 13.1. The topological polar surface area (TPSA) is 69.6 Å². The molecule has 35 heavy (non-hydrogen) atoms. The highest BCUT2D eigenvalue weighted by atomic mass is 16.5. The van der Waals surface area contributed by atoms with Gasteiger partial charge in [0.25, 0.3) is 0 Å². The summed E-state index contributed by atoms with van der Waals surface area (Å²) in [5, 5.41) is 3.52. The molecule has 0 bridgehead atoms. The van der Waals surface area contributed by atoms with Gasteiger partial charge in [-0.1, -0.05) is 62.4 Å². The van der Waals surface area contributed by atoms with E-state index >= 15 is 0 Å². The number of nitrogens with one attached hydrogen (secondary N) is 1. The van der Waals surface area contributed by atoms with Crippen molar-refractivity contribution in [1.29, 1.82) is 0 Å². The maximum Gasteiger partial charge on any atom is 0.397 e. The Morgan fingerprint density at radius 1 is 0.943 bits per heavy atom. The van der Waals surface area contributed by atoms with Crippen molar-refractivity contribution < 1.29 is 19.1 Å². The average molecular weight is 471 g/mol. The number of esters is 1. The van der Waals surface area contributed by atoms with Crippen LogP contribution in [0.1, 0.15) is 43.4 Å². The predicted octanol–water partition coefficient (Wildman–Crippen LogP) is 5.89. The highest BCUT2D eigenvalue weighted by Crippen LogP contribution is 2.30. The first-order valence-corrected chi connectivity index (χ1v) is 11.8. The SMILES string of the molecule is CCOC(=O)C(=O)Nc1cccc2c1ccn2Cc1ccc(OCc2ccccc2)c(C(C)C)c1. The number of amides is 1. The molecule has 180 valence electrons. The number of rotatable bonds is 8. The zero-order valence-corrected chi connectivity index (χ0v) is 20.3. The lowest BCUT2D eigenvalue weighted by atomic mass is 9.99. The third-order valence-corrected chi connectivity index (χ3v) is 5.81. The third-order valence-electron chi connectivity index (χ3n) is 5.81. The van der Waals surface area contributed by atoms with Gasteiger partial charge >= 0.3 is 11.9 Å². The fraction of sp³-hybridized carbons (Fsp3) is 0.241. The van der Waals surface area contributed by atoms with E-state index in [0.717, 1.165) is 33.3 Å². The van der Waals surface area contributed by atoms with Crippen LogP contribution in [-0.4, -0.2) is 23.1 Å². The molecule has 1 N–H and O–H groups in total. The van der Waals surface area contributed by atoms with Crippen molar-refractivity contribution in [2.45, 2.75) is 39.8 Å². The lowest BCUT2D eigenvalue weighted by molar-refractivity contribution is -0.152. The van der Waals surface area contributed by atoms with Gasteiger partial charge in [-0.15, -0.1) is 0 Å². The molecular weight excluding hydrogens is 440 g/mol. The Morgan fingerprint density at radius 2 is 1.74 bits per heavy atom. The summed E-state index contributed by atoms with van der Waals surface area (Å²) in [5.41, 5.74) is 4.99. The maximum atomic E-state index is 12.1. The van der Waals surface area contributed by atoms with Gasteiger partial charge in [0.1, 0.15) is 12.4 Å². The second-order valence-electron chi connectivity index (χ2n) is 8.66. The third kappa shape index (κ3) is 5.72. The number of carbonyl (C=O) groups excluding carboxylic acids is 2. The van der Waals surface area contributed by atoms with Gasteiger partial charge in [-0.05, 0) is 53.8 Å². The number of aromatic nitrogens is 1. The molecule has 0 saturated heterocycles. The first kappa shape index (κ1) is 24.1. The first-order chi connectivity index (χ1) is 17.0. The quantitative estimate of drug-likeness (QED) is 0.257. The number of hydrogen-bond acceptors (Lipinski definition) is 4. The number of benzene rings is 3. The number of nitrogens with zero attached hydrogens (tertiary/aromatic N) is 1. The molecule has 0 unspecified atom stereocenters. The minimum atomic E-state index is -0.889. The summed E-state index contributed by atoms with van der Waals surface area (Å²) in [7, 11) is 0. The van der Waals surface area contributed by atoms with E-state index in [1.807, 2.05) is 48.7 Å². The van der Waals surface area contributed by atoms with E-state index in [4.69, 9.17) is 9.47 Å². The van der Waals surface area contributed by atoms with Crippen LogP contribution in [0.5, 0.6) is 5.75 Å². The summed E-state index contributed by atoms with van der Waals surface area (Å²) in [4.78, 5) is 23.8. The number of carbonyl (C=O) groups is 2. The molecule has 3 aromatic carbocycles. The summed E-state index contributed by atoms with van der Waals surface area (Å²) >= 11 is 0. The molecular formula is C29H30N2O4. The van der Waals surface area contributed by atoms with Gasteiger partial charge in [0.05, 0.1) is 17.8 Å². The fourth-order valence-corrected chi connectivity index (χ4v) is 4.05. The molecule has 0 spiro atoms. The van der Waals surface area contributed by atoms with E-state index in [2.05, 4.69) is 48.0 Å². The second-order valence-corrected chi connectivity index (χ2v) is 8.66. The van der Waals surface area contributed by atoms with Gasteiger partial charge in [-0.2, -0.15) is 0 Å². The van der Waals surface area contributed by atoms with Crippen molar-refractivity contribution in [1.82, 2.24) is 4.57 Å². The molecule has 0 atom stereocenters. The molecule has 0 saturated carbocycles. The number of fused-ring (bicyclic) bond motifs is 1. The van der Waals surface area contributed by atoms with E-state index in [9.17, 15) is 9.59 Å². The number of anilines is 1. The Kier molecular flexibility index (Phi) is 7.51. The summed E-state index contributed by atoms with van der Waals surface area (Å²) in [6.07, 6.45) is 1.99. The van der Waals surface area contributed by atoms with Gasteiger partial charge in [-0.25, -0.2) is 4.79 Å². The normalized spacial score (nSPS) is 11.0. The van der Waals surface area contributed by atoms with Crippen LogP contribution in [0.2, 0.25) is 0 Å². The van der Waals surface area contributed by atoms with Crippen LogP contribution in [0.15, 0.2) is 79.0 Å². The van der Waals surface area contributed by atoms with Crippen LogP contribution in [-0.2, 0) is 27.5 Å². The minimum absolute atomic E-state index is 0.154. The van der Waals surface area contributed by atoms with Crippen LogP contribution in [0.3, 0.4) is 0 Å². The summed E-state index contributed by atoms with van der Waals surface area (Å²) in [6, 6.07) is 24.1. The Bertz CT molecular complexity index is 1330. The van der Waals surface area contributed by atoms with Crippen LogP contribution in [0.4, 0.5) is 5.69 Å². The van der Waals surface area contributed by atoms with Crippen molar-refractivity contribution in [2.24, 2.45) is 0 Å². The van der Waals surface area contributed by atoms with Crippen LogP contribution in [0.25, 0.3) is 10.9 Å². The Balaban J connectivity index is 1.54. The molecule has 1 heterocycles. The van der Waals surface area contributed by atoms with E-state index in [1.165, 1.54) is 0 Å². The summed E-state index contributed by atoms with van der Waals surface area (Å²) in [6.45, 7) is 7.34. The molecule has 0 fully saturated rings. The van der Waals surface area contributed by atoms with Crippen molar-refractivity contribution in [3.8, 4) is 5.75 Å². The molecule has 1 aromatic heterocycles. The highest BCUT2D eigenvalue weighted by molar-refractivity contribution is 6.38. The standard InChI is InChI=1S/C29H30N2O4/c1-4-34-29(33)28(32)30-25-11-8-12-26-23(25)15-16-31(26)18-22-13-14-27(24(17-22)20(2)3)35-19-21-9-6-5-7-10-21/h5-17,20H,4,18-19H2,1-3H3,(H,30,32). The van der Waals surface area contributed by atoms with Gasteiger partial charge in [-0.3, -0.25) is 4.79 Å². The van der Waals surface area contributed by atoms with Gasteiger partial charge in [0, 0.05) is 18.1 Å². The van der Waals surface area contributed by atoms with Crippen molar-refractivity contribution >= 4 is 28.5 Å².